The van der Waals surface area contributed by atoms with Crippen LogP contribution < -0.4 is 5.32 Å². The quantitative estimate of drug-likeness (QED) is 0.836. The standard InChI is InChI=1S/C16H21NS/c1-4-8-17-16(14-7-9-18-11-14)15-6-5-12(2)10-13(15)3/h5-7,9-11,16-17H,4,8H2,1-3H3. The van der Waals surface area contributed by atoms with Crippen LogP contribution >= 0.6 is 11.3 Å². The number of nitrogens with one attached hydrogen (secondary N) is 1. The van der Waals surface area contributed by atoms with E-state index in [1.165, 1.54) is 22.3 Å². The fourth-order valence-corrected chi connectivity index (χ4v) is 2.97. The van der Waals surface area contributed by atoms with Gasteiger partial charge in [0, 0.05) is 0 Å². The van der Waals surface area contributed by atoms with Crippen molar-refractivity contribution in [1.82, 2.24) is 5.32 Å². The zero-order valence-corrected chi connectivity index (χ0v) is 12.2. The minimum atomic E-state index is 0.330. The Labute approximate surface area is 114 Å². The first-order valence-electron chi connectivity index (χ1n) is 6.55. The van der Waals surface area contributed by atoms with Gasteiger partial charge in [0.15, 0.2) is 0 Å². The first kappa shape index (κ1) is 13.3. The second kappa shape index (κ2) is 6.17. The molecule has 1 N–H and O–H groups in total. The molecule has 2 rings (SSSR count). The number of aryl methyl sites for hydroxylation is 2. The molecule has 1 heterocycles. The van der Waals surface area contributed by atoms with Crippen LogP contribution in [0.5, 0.6) is 0 Å². The smallest absolute Gasteiger partial charge is 0.0587 e. The van der Waals surface area contributed by atoms with Gasteiger partial charge in [-0.3, -0.25) is 0 Å². The van der Waals surface area contributed by atoms with Gasteiger partial charge in [-0.25, -0.2) is 0 Å². The Morgan fingerprint density at radius 1 is 1.22 bits per heavy atom. The Bertz CT molecular complexity index is 488. The number of benzene rings is 1. The molecule has 1 aromatic carbocycles. The van der Waals surface area contributed by atoms with E-state index in [1.807, 2.05) is 0 Å². The summed E-state index contributed by atoms with van der Waals surface area (Å²) in [5, 5.41) is 8.05. The number of rotatable bonds is 5. The number of thiophene rings is 1. The van der Waals surface area contributed by atoms with Gasteiger partial charge >= 0.3 is 0 Å². The predicted molar refractivity (Wildman–Crippen MR) is 80.4 cm³/mol. The van der Waals surface area contributed by atoms with Crippen LogP contribution in [0.3, 0.4) is 0 Å². The molecule has 2 aromatic rings. The van der Waals surface area contributed by atoms with Crippen molar-refractivity contribution in [1.29, 1.82) is 0 Å². The van der Waals surface area contributed by atoms with Crippen LogP contribution in [-0.2, 0) is 0 Å². The van der Waals surface area contributed by atoms with Crippen molar-refractivity contribution >= 4 is 11.3 Å². The molecule has 2 heteroatoms. The van der Waals surface area contributed by atoms with E-state index in [9.17, 15) is 0 Å². The van der Waals surface area contributed by atoms with Crippen molar-refractivity contribution in [2.75, 3.05) is 6.54 Å². The highest BCUT2D eigenvalue weighted by Crippen LogP contribution is 2.27. The molecule has 1 nitrogen and oxygen atoms in total. The van der Waals surface area contributed by atoms with E-state index in [0.717, 1.165) is 13.0 Å². The lowest BCUT2D eigenvalue weighted by molar-refractivity contribution is 0.597. The second-order valence-electron chi connectivity index (χ2n) is 4.80. The molecule has 0 aliphatic heterocycles. The highest BCUT2D eigenvalue weighted by Gasteiger charge is 2.15. The van der Waals surface area contributed by atoms with Crippen molar-refractivity contribution in [3.8, 4) is 0 Å². The van der Waals surface area contributed by atoms with E-state index < -0.39 is 0 Å². The predicted octanol–water partition coefficient (Wildman–Crippen LogP) is 4.45. The fraction of sp³-hybridized carbons (Fsp3) is 0.375. The topological polar surface area (TPSA) is 12.0 Å². The number of hydrogen-bond donors (Lipinski definition) is 1. The maximum absolute atomic E-state index is 3.66. The average molecular weight is 259 g/mol. The first-order chi connectivity index (χ1) is 8.72. The lowest BCUT2D eigenvalue weighted by atomic mass is 9.95. The SMILES string of the molecule is CCCNC(c1ccsc1)c1ccc(C)cc1C. The van der Waals surface area contributed by atoms with E-state index in [1.54, 1.807) is 11.3 Å². The highest BCUT2D eigenvalue weighted by atomic mass is 32.1. The van der Waals surface area contributed by atoms with E-state index in [2.05, 4.69) is 61.1 Å². The fourth-order valence-electron chi connectivity index (χ4n) is 2.28. The molecule has 0 fully saturated rings. The summed E-state index contributed by atoms with van der Waals surface area (Å²) in [6.07, 6.45) is 1.16. The summed E-state index contributed by atoms with van der Waals surface area (Å²) in [4.78, 5) is 0. The van der Waals surface area contributed by atoms with E-state index in [0.29, 0.717) is 6.04 Å². The zero-order valence-electron chi connectivity index (χ0n) is 11.4. The van der Waals surface area contributed by atoms with Crippen LogP contribution in [0.15, 0.2) is 35.0 Å². The first-order valence-corrected chi connectivity index (χ1v) is 7.49. The van der Waals surface area contributed by atoms with Gasteiger partial charge in [0.2, 0.25) is 0 Å². The van der Waals surface area contributed by atoms with Crippen molar-refractivity contribution in [3.05, 3.63) is 57.3 Å². The Kier molecular flexibility index (Phi) is 4.56. The summed E-state index contributed by atoms with van der Waals surface area (Å²) < 4.78 is 0. The molecule has 0 aliphatic rings. The molecular weight excluding hydrogens is 238 g/mol. The van der Waals surface area contributed by atoms with Crippen LogP contribution in [0.1, 0.15) is 41.6 Å². The monoisotopic (exact) mass is 259 g/mol. The molecular formula is C16H21NS. The molecule has 0 saturated heterocycles. The molecule has 0 bridgehead atoms. The van der Waals surface area contributed by atoms with Crippen LogP contribution in [0, 0.1) is 13.8 Å². The average Bonchev–Trinajstić information content (AvgIpc) is 2.85. The van der Waals surface area contributed by atoms with E-state index in [-0.39, 0.29) is 0 Å². The van der Waals surface area contributed by atoms with Gasteiger partial charge in [-0.1, -0.05) is 30.7 Å². The largest absolute Gasteiger partial charge is 0.306 e. The molecule has 1 aromatic heterocycles. The van der Waals surface area contributed by atoms with Crippen molar-refractivity contribution < 1.29 is 0 Å². The Morgan fingerprint density at radius 3 is 2.67 bits per heavy atom. The highest BCUT2D eigenvalue weighted by molar-refractivity contribution is 7.08. The minimum absolute atomic E-state index is 0.330. The Balaban J connectivity index is 2.33. The van der Waals surface area contributed by atoms with Crippen molar-refractivity contribution in [3.63, 3.8) is 0 Å². The van der Waals surface area contributed by atoms with E-state index in [4.69, 9.17) is 0 Å². The summed E-state index contributed by atoms with van der Waals surface area (Å²) >= 11 is 1.77. The lowest BCUT2D eigenvalue weighted by Crippen LogP contribution is -2.23. The zero-order chi connectivity index (χ0) is 13.0. The molecule has 0 spiro atoms. The molecule has 96 valence electrons. The third kappa shape index (κ3) is 3.01. The summed E-state index contributed by atoms with van der Waals surface area (Å²) in [5.74, 6) is 0. The van der Waals surface area contributed by atoms with Crippen LogP contribution in [0.2, 0.25) is 0 Å². The second-order valence-corrected chi connectivity index (χ2v) is 5.58. The Morgan fingerprint density at radius 2 is 2.06 bits per heavy atom. The van der Waals surface area contributed by atoms with Gasteiger partial charge in [-0.2, -0.15) is 11.3 Å². The van der Waals surface area contributed by atoms with Gasteiger partial charge in [-0.15, -0.1) is 0 Å². The summed E-state index contributed by atoms with van der Waals surface area (Å²) in [7, 11) is 0. The molecule has 1 atom stereocenters. The Hall–Kier alpha value is -1.12. The van der Waals surface area contributed by atoms with Crippen molar-refractivity contribution in [2.24, 2.45) is 0 Å². The van der Waals surface area contributed by atoms with Crippen LogP contribution in [0.25, 0.3) is 0 Å². The van der Waals surface area contributed by atoms with Crippen LogP contribution in [-0.4, -0.2) is 6.54 Å². The molecule has 1 unspecified atom stereocenters. The normalized spacial score (nSPS) is 12.6. The third-order valence-electron chi connectivity index (χ3n) is 3.21. The van der Waals surface area contributed by atoms with Gasteiger partial charge in [0.25, 0.3) is 0 Å². The molecule has 0 radical (unpaired) electrons. The summed E-state index contributed by atoms with van der Waals surface area (Å²) in [6, 6.07) is 9.28. The summed E-state index contributed by atoms with van der Waals surface area (Å²) in [5.41, 5.74) is 5.47. The lowest BCUT2D eigenvalue weighted by Gasteiger charge is -2.20. The van der Waals surface area contributed by atoms with Gasteiger partial charge < -0.3 is 5.32 Å². The summed E-state index contributed by atoms with van der Waals surface area (Å²) in [6.45, 7) is 7.61. The molecule has 0 amide bonds. The maximum Gasteiger partial charge on any atom is 0.0587 e. The van der Waals surface area contributed by atoms with E-state index >= 15 is 0 Å². The molecule has 0 saturated carbocycles. The van der Waals surface area contributed by atoms with Crippen LogP contribution in [0.4, 0.5) is 0 Å². The molecule has 18 heavy (non-hydrogen) atoms. The minimum Gasteiger partial charge on any atom is -0.306 e. The van der Waals surface area contributed by atoms with Crippen molar-refractivity contribution in [2.45, 2.75) is 33.2 Å². The van der Waals surface area contributed by atoms with Gasteiger partial charge in [0.1, 0.15) is 0 Å². The molecule has 0 aliphatic carbocycles. The third-order valence-corrected chi connectivity index (χ3v) is 3.91. The maximum atomic E-state index is 3.66. The number of hydrogen-bond acceptors (Lipinski definition) is 2. The van der Waals surface area contributed by atoms with Gasteiger partial charge in [0.05, 0.1) is 6.04 Å². The van der Waals surface area contributed by atoms with Gasteiger partial charge in [-0.05, 0) is 60.3 Å².